The van der Waals surface area contributed by atoms with E-state index in [0.717, 1.165) is 5.56 Å². The van der Waals surface area contributed by atoms with Gasteiger partial charge in [-0.2, -0.15) is 0 Å². The molecule has 0 aromatic heterocycles. The first-order chi connectivity index (χ1) is 12.4. The average Bonchev–Trinajstić information content (AvgIpc) is 2.60. The lowest BCUT2D eigenvalue weighted by Crippen LogP contribution is -2.61. The number of hydrogen-bond acceptors (Lipinski definition) is 8. The summed E-state index contributed by atoms with van der Waals surface area (Å²) >= 11 is 0. The van der Waals surface area contributed by atoms with Gasteiger partial charge in [0.25, 0.3) is 0 Å². The molecular formula is C18H24O8. The Kier molecular flexibility index (Phi) is 7.52. The van der Waals surface area contributed by atoms with Crippen LogP contribution in [0.15, 0.2) is 30.3 Å². The van der Waals surface area contributed by atoms with Crippen molar-refractivity contribution >= 4 is 11.9 Å². The molecule has 0 amide bonds. The molecule has 1 heterocycles. The Hall–Kier alpha value is -2.00. The third kappa shape index (κ3) is 5.50. The van der Waals surface area contributed by atoms with Crippen LogP contribution in [0.3, 0.4) is 0 Å². The van der Waals surface area contributed by atoms with E-state index in [1.54, 1.807) is 0 Å². The van der Waals surface area contributed by atoms with E-state index >= 15 is 0 Å². The molecule has 5 unspecified atom stereocenters. The Labute approximate surface area is 151 Å². The second-order valence-corrected chi connectivity index (χ2v) is 5.92. The third-order valence-corrected chi connectivity index (χ3v) is 3.85. The van der Waals surface area contributed by atoms with Crippen LogP contribution in [0.5, 0.6) is 0 Å². The number of hydrogen-bond donors (Lipinski definition) is 1. The number of methoxy groups -OCH3 is 1. The van der Waals surface area contributed by atoms with Crippen molar-refractivity contribution in [2.24, 2.45) is 0 Å². The van der Waals surface area contributed by atoms with Gasteiger partial charge in [-0.15, -0.1) is 0 Å². The average molecular weight is 368 g/mol. The topological polar surface area (TPSA) is 101 Å². The van der Waals surface area contributed by atoms with E-state index in [1.807, 2.05) is 30.3 Å². The van der Waals surface area contributed by atoms with E-state index in [1.165, 1.54) is 21.0 Å². The lowest BCUT2D eigenvalue weighted by atomic mass is 9.98. The van der Waals surface area contributed by atoms with Crippen molar-refractivity contribution in [2.45, 2.75) is 51.2 Å². The molecule has 2 rings (SSSR count). The van der Waals surface area contributed by atoms with Gasteiger partial charge in [-0.25, -0.2) is 0 Å². The van der Waals surface area contributed by atoms with Gasteiger partial charge in [0.1, 0.15) is 12.2 Å². The summed E-state index contributed by atoms with van der Waals surface area (Å²) in [5, 5.41) is 10.5. The van der Waals surface area contributed by atoms with E-state index in [4.69, 9.17) is 23.7 Å². The number of aliphatic hydroxyl groups is 1. The Morgan fingerprint density at radius 3 is 2.27 bits per heavy atom. The second kappa shape index (κ2) is 9.63. The zero-order valence-electron chi connectivity index (χ0n) is 15.0. The second-order valence-electron chi connectivity index (χ2n) is 5.92. The summed E-state index contributed by atoms with van der Waals surface area (Å²) in [4.78, 5) is 22.7. The molecule has 8 heteroatoms. The SMILES string of the molecule is COC1OC(COCc2ccccc2)C(O)C(OC(C)=O)C1OC(C)=O. The Balaban J connectivity index is 2.05. The van der Waals surface area contributed by atoms with Crippen LogP contribution < -0.4 is 0 Å². The standard InChI is InChI=1S/C18H24O8/c1-11(19)24-16-15(21)14(10-23-9-13-7-5-4-6-8-13)26-18(22-3)17(16)25-12(2)20/h4-8,14-18,21H,9-10H2,1-3H3. The predicted molar refractivity (Wildman–Crippen MR) is 88.9 cm³/mol. The fraction of sp³-hybridized carbons (Fsp3) is 0.556. The number of rotatable bonds is 7. The number of ether oxygens (including phenoxy) is 5. The lowest BCUT2D eigenvalue weighted by Gasteiger charge is -2.42. The molecule has 5 atom stereocenters. The van der Waals surface area contributed by atoms with Gasteiger partial charge in [-0.1, -0.05) is 30.3 Å². The number of benzene rings is 1. The summed E-state index contributed by atoms with van der Waals surface area (Å²) in [7, 11) is 1.37. The predicted octanol–water partition coefficient (Wildman–Crippen LogP) is 0.799. The van der Waals surface area contributed by atoms with Gasteiger partial charge in [0, 0.05) is 21.0 Å². The van der Waals surface area contributed by atoms with Gasteiger partial charge < -0.3 is 28.8 Å². The number of aliphatic hydroxyl groups excluding tert-OH is 1. The van der Waals surface area contributed by atoms with Gasteiger partial charge in [0.15, 0.2) is 18.5 Å². The maximum atomic E-state index is 11.4. The highest BCUT2D eigenvalue weighted by atomic mass is 16.7. The molecule has 1 aromatic carbocycles. The molecule has 1 fully saturated rings. The first-order valence-electron chi connectivity index (χ1n) is 8.24. The highest BCUT2D eigenvalue weighted by Gasteiger charge is 2.49. The minimum Gasteiger partial charge on any atom is -0.455 e. The number of carbonyl (C=O) groups excluding carboxylic acids is 2. The van der Waals surface area contributed by atoms with Crippen LogP contribution in [-0.2, 0) is 39.9 Å². The van der Waals surface area contributed by atoms with Crippen LogP contribution in [0.1, 0.15) is 19.4 Å². The molecule has 1 aliphatic rings. The minimum atomic E-state index is -1.24. The summed E-state index contributed by atoms with van der Waals surface area (Å²) in [6.45, 7) is 2.78. The number of carbonyl (C=O) groups is 2. The van der Waals surface area contributed by atoms with E-state index in [0.29, 0.717) is 6.61 Å². The molecule has 26 heavy (non-hydrogen) atoms. The zero-order chi connectivity index (χ0) is 19.1. The Morgan fingerprint density at radius 2 is 1.69 bits per heavy atom. The van der Waals surface area contributed by atoms with Crippen LogP contribution in [0.2, 0.25) is 0 Å². The normalized spacial score (nSPS) is 28.4. The molecule has 0 radical (unpaired) electrons. The molecule has 0 aliphatic carbocycles. The lowest BCUT2D eigenvalue weighted by molar-refractivity contribution is -0.302. The van der Waals surface area contributed by atoms with Crippen molar-refractivity contribution in [1.29, 1.82) is 0 Å². The molecule has 144 valence electrons. The van der Waals surface area contributed by atoms with Gasteiger partial charge in [0.05, 0.1) is 13.2 Å². The molecule has 0 spiro atoms. The smallest absolute Gasteiger partial charge is 0.303 e. The Morgan fingerprint density at radius 1 is 1.08 bits per heavy atom. The van der Waals surface area contributed by atoms with Gasteiger partial charge >= 0.3 is 11.9 Å². The van der Waals surface area contributed by atoms with E-state index in [-0.39, 0.29) is 6.61 Å². The summed E-state index contributed by atoms with van der Waals surface area (Å²) in [5.41, 5.74) is 0.968. The van der Waals surface area contributed by atoms with E-state index in [9.17, 15) is 14.7 Å². The summed E-state index contributed by atoms with van der Waals surface area (Å²) in [6, 6.07) is 9.51. The summed E-state index contributed by atoms with van der Waals surface area (Å²) in [6.07, 6.45) is -5.27. The first-order valence-corrected chi connectivity index (χ1v) is 8.24. The fourth-order valence-corrected chi connectivity index (χ4v) is 2.73. The molecular weight excluding hydrogens is 344 g/mol. The molecule has 1 saturated heterocycles. The van der Waals surface area contributed by atoms with E-state index < -0.39 is 42.6 Å². The van der Waals surface area contributed by atoms with Crippen molar-refractivity contribution < 1.29 is 38.4 Å². The van der Waals surface area contributed by atoms with Crippen LogP contribution in [0.4, 0.5) is 0 Å². The van der Waals surface area contributed by atoms with E-state index in [2.05, 4.69) is 0 Å². The molecule has 0 saturated carbocycles. The quantitative estimate of drug-likeness (QED) is 0.706. The fourth-order valence-electron chi connectivity index (χ4n) is 2.73. The molecule has 0 bridgehead atoms. The van der Waals surface area contributed by atoms with Crippen LogP contribution >= 0.6 is 0 Å². The van der Waals surface area contributed by atoms with Crippen molar-refractivity contribution in [2.75, 3.05) is 13.7 Å². The van der Waals surface area contributed by atoms with Gasteiger partial charge in [-0.05, 0) is 5.56 Å². The summed E-state index contributed by atoms with van der Waals surface area (Å²) in [5.74, 6) is -1.23. The Bertz CT molecular complexity index is 590. The maximum Gasteiger partial charge on any atom is 0.303 e. The van der Waals surface area contributed by atoms with Gasteiger partial charge in [0.2, 0.25) is 0 Å². The largest absolute Gasteiger partial charge is 0.455 e. The minimum absolute atomic E-state index is 0.0421. The van der Waals surface area contributed by atoms with Crippen molar-refractivity contribution in [3.05, 3.63) is 35.9 Å². The number of esters is 2. The maximum absolute atomic E-state index is 11.4. The van der Waals surface area contributed by atoms with Crippen LogP contribution in [0, 0.1) is 0 Å². The molecule has 1 N–H and O–H groups in total. The molecule has 8 nitrogen and oxygen atoms in total. The van der Waals surface area contributed by atoms with Crippen LogP contribution in [0.25, 0.3) is 0 Å². The highest BCUT2D eigenvalue weighted by molar-refractivity contribution is 5.67. The van der Waals surface area contributed by atoms with Crippen molar-refractivity contribution in [3.63, 3.8) is 0 Å². The third-order valence-electron chi connectivity index (χ3n) is 3.85. The monoisotopic (exact) mass is 368 g/mol. The van der Waals surface area contributed by atoms with Crippen LogP contribution in [-0.4, -0.2) is 61.5 Å². The zero-order valence-corrected chi connectivity index (χ0v) is 15.0. The highest BCUT2D eigenvalue weighted by Crippen LogP contribution is 2.27. The van der Waals surface area contributed by atoms with Gasteiger partial charge in [-0.3, -0.25) is 9.59 Å². The molecule has 1 aliphatic heterocycles. The van der Waals surface area contributed by atoms with Crippen molar-refractivity contribution in [3.8, 4) is 0 Å². The van der Waals surface area contributed by atoms with Crippen molar-refractivity contribution in [1.82, 2.24) is 0 Å². The summed E-state index contributed by atoms with van der Waals surface area (Å²) < 4.78 is 26.7. The first kappa shape index (κ1) is 20.3. The molecule has 1 aromatic rings.